The summed E-state index contributed by atoms with van der Waals surface area (Å²) < 4.78 is 31.9. The first-order chi connectivity index (χ1) is 23.0. The minimum atomic E-state index is 0.487. The van der Waals surface area contributed by atoms with Crippen molar-refractivity contribution in [3.8, 4) is 57.5 Å². The predicted molar refractivity (Wildman–Crippen MR) is 187 cm³/mol. The van der Waals surface area contributed by atoms with Crippen molar-refractivity contribution in [1.82, 2.24) is 0 Å². The molecule has 0 heterocycles. The third kappa shape index (κ3) is 7.10. The van der Waals surface area contributed by atoms with Gasteiger partial charge in [-0.1, -0.05) is 86.6 Å². The molecule has 0 spiro atoms. The van der Waals surface area contributed by atoms with Crippen LogP contribution in [-0.4, -0.2) is 0 Å². The second kappa shape index (κ2) is 14.3. The molecule has 0 aromatic heterocycles. The Bertz CT molecular complexity index is 1850. The second-order valence-corrected chi connectivity index (χ2v) is 10.7. The number of hydrogen-bond acceptors (Lipinski definition) is 7. The molecule has 6 aromatic rings. The first-order valence-corrected chi connectivity index (χ1v) is 15.5. The summed E-state index contributed by atoms with van der Waals surface area (Å²) in [5.74, 6) is 5.27. The van der Waals surface area contributed by atoms with E-state index in [1.807, 2.05) is 133 Å². The molecule has 0 aliphatic carbocycles. The van der Waals surface area contributed by atoms with E-state index in [0.717, 1.165) is 24.0 Å². The molecule has 0 aliphatic rings. The first kappa shape index (κ1) is 30.9. The van der Waals surface area contributed by atoms with Gasteiger partial charge in [0.2, 0.25) is 0 Å². The summed E-state index contributed by atoms with van der Waals surface area (Å²) in [6.07, 6.45) is 1.55. The van der Waals surface area contributed by atoms with E-state index in [9.17, 15) is 0 Å². The molecule has 0 unspecified atom stereocenters. The summed E-state index contributed by atoms with van der Waals surface area (Å²) in [5, 5.41) is 0. The number of aryl methyl sites for hydroxylation is 2. The molecule has 0 saturated heterocycles. The largest absolute Gasteiger partial charge is 0.451 e. The number of ether oxygens (including phenoxy) is 5. The van der Waals surface area contributed by atoms with Gasteiger partial charge in [0.1, 0.15) is 0 Å². The number of hydrogen-bond donors (Lipinski definition) is 2. The summed E-state index contributed by atoms with van der Waals surface area (Å²) >= 11 is 0. The van der Waals surface area contributed by atoms with Crippen LogP contribution in [0.2, 0.25) is 0 Å². The smallest absolute Gasteiger partial charge is 0.170 e. The summed E-state index contributed by atoms with van der Waals surface area (Å²) in [4.78, 5) is 0. The fourth-order valence-corrected chi connectivity index (χ4v) is 5.07. The second-order valence-electron chi connectivity index (χ2n) is 10.7. The topological polar surface area (TPSA) is 98.2 Å². The normalized spacial score (nSPS) is 10.7. The third-order valence-corrected chi connectivity index (χ3v) is 7.50. The van der Waals surface area contributed by atoms with Gasteiger partial charge in [-0.15, -0.1) is 0 Å². The zero-order valence-corrected chi connectivity index (χ0v) is 26.3. The summed E-state index contributed by atoms with van der Waals surface area (Å²) in [6, 6.07) is 41.3. The van der Waals surface area contributed by atoms with Gasteiger partial charge < -0.3 is 35.2 Å². The van der Waals surface area contributed by atoms with Gasteiger partial charge in [-0.3, -0.25) is 0 Å². The van der Waals surface area contributed by atoms with Crippen molar-refractivity contribution in [3.05, 3.63) is 145 Å². The molecule has 236 valence electrons. The maximum atomic E-state index is 6.44. The highest BCUT2D eigenvalue weighted by Gasteiger charge is 2.17. The van der Waals surface area contributed by atoms with Crippen molar-refractivity contribution in [2.75, 3.05) is 11.5 Å². The zero-order chi connectivity index (χ0) is 32.6. The number of rotatable bonds is 12. The van der Waals surface area contributed by atoms with E-state index in [-0.39, 0.29) is 0 Å². The molecular formula is C40H36N2O5. The molecule has 7 heteroatoms. The van der Waals surface area contributed by atoms with Crippen LogP contribution in [0, 0.1) is 0 Å². The van der Waals surface area contributed by atoms with Gasteiger partial charge >= 0.3 is 0 Å². The lowest BCUT2D eigenvalue weighted by Crippen LogP contribution is -1.99. The summed E-state index contributed by atoms with van der Waals surface area (Å²) in [5.41, 5.74) is 15.7. The Morgan fingerprint density at radius 2 is 0.596 bits per heavy atom. The van der Waals surface area contributed by atoms with Gasteiger partial charge in [-0.05, 0) is 84.6 Å². The molecule has 4 N–H and O–H groups in total. The van der Waals surface area contributed by atoms with E-state index in [1.165, 1.54) is 0 Å². The maximum Gasteiger partial charge on any atom is 0.170 e. The van der Waals surface area contributed by atoms with Crippen LogP contribution < -0.4 is 35.2 Å². The van der Waals surface area contributed by atoms with Crippen LogP contribution >= 0.6 is 0 Å². The van der Waals surface area contributed by atoms with Gasteiger partial charge in [0.25, 0.3) is 0 Å². The van der Waals surface area contributed by atoms with E-state index in [0.29, 0.717) is 68.9 Å². The zero-order valence-electron chi connectivity index (χ0n) is 26.3. The number of nitrogen functional groups attached to an aromatic ring is 2. The van der Waals surface area contributed by atoms with Gasteiger partial charge in [0.05, 0.1) is 11.4 Å². The SMILES string of the molecule is CCc1cccc(N)c1Oc1ccccc1Oc1ccccc1Oc1ccccc1Oc1ccccc1Oc1c(N)cccc1CC. The lowest BCUT2D eigenvalue weighted by molar-refractivity contribution is 0.375. The average Bonchev–Trinajstić information content (AvgIpc) is 3.09. The molecule has 0 aliphatic heterocycles. The van der Waals surface area contributed by atoms with Crippen molar-refractivity contribution in [1.29, 1.82) is 0 Å². The van der Waals surface area contributed by atoms with Crippen LogP contribution in [0.25, 0.3) is 0 Å². The lowest BCUT2D eigenvalue weighted by atomic mass is 10.1. The molecule has 0 saturated carbocycles. The van der Waals surface area contributed by atoms with Crippen LogP contribution in [0.5, 0.6) is 57.5 Å². The minimum absolute atomic E-state index is 0.487. The Morgan fingerprint density at radius 1 is 0.340 bits per heavy atom. The van der Waals surface area contributed by atoms with Crippen molar-refractivity contribution >= 4 is 11.4 Å². The summed E-state index contributed by atoms with van der Waals surface area (Å²) in [6.45, 7) is 4.12. The van der Waals surface area contributed by atoms with Gasteiger partial charge in [0, 0.05) is 0 Å². The van der Waals surface area contributed by atoms with Crippen LogP contribution in [0.4, 0.5) is 11.4 Å². The van der Waals surface area contributed by atoms with Crippen molar-refractivity contribution in [2.24, 2.45) is 0 Å². The molecule has 0 radical (unpaired) electrons. The maximum absolute atomic E-state index is 6.44. The standard InChI is InChI=1S/C40H36N2O5/c1-3-27-15-13-17-29(41)39(27)46-37-25-11-9-23-35(37)44-33-21-7-5-19-31(33)43-32-20-6-8-22-34(32)45-36-24-10-12-26-38(36)47-40-28(4-2)16-14-18-30(40)42/h5-26H,3-4,41-42H2,1-2H3. The molecular weight excluding hydrogens is 588 g/mol. The minimum Gasteiger partial charge on any atom is -0.451 e. The van der Waals surface area contributed by atoms with E-state index in [1.54, 1.807) is 0 Å². The highest BCUT2D eigenvalue weighted by atomic mass is 16.6. The number of nitrogens with two attached hydrogens (primary N) is 2. The van der Waals surface area contributed by atoms with E-state index in [4.69, 9.17) is 35.2 Å². The highest BCUT2D eigenvalue weighted by Crippen LogP contribution is 2.44. The Labute approximate surface area is 274 Å². The van der Waals surface area contributed by atoms with Crippen molar-refractivity contribution in [2.45, 2.75) is 26.7 Å². The van der Waals surface area contributed by atoms with Gasteiger partial charge in [-0.25, -0.2) is 0 Å². The van der Waals surface area contributed by atoms with Gasteiger partial charge in [0.15, 0.2) is 57.5 Å². The van der Waals surface area contributed by atoms with Crippen molar-refractivity contribution < 1.29 is 23.7 Å². The van der Waals surface area contributed by atoms with E-state index >= 15 is 0 Å². The highest BCUT2D eigenvalue weighted by molar-refractivity contribution is 5.61. The number of anilines is 2. The average molecular weight is 625 g/mol. The fourth-order valence-electron chi connectivity index (χ4n) is 5.07. The molecule has 0 bridgehead atoms. The van der Waals surface area contributed by atoms with Crippen LogP contribution in [-0.2, 0) is 12.8 Å². The van der Waals surface area contributed by atoms with Crippen LogP contribution in [0.1, 0.15) is 25.0 Å². The van der Waals surface area contributed by atoms with Crippen LogP contribution in [0.3, 0.4) is 0 Å². The Morgan fingerprint density at radius 3 is 0.851 bits per heavy atom. The Hall–Kier alpha value is -6.08. The molecule has 0 fully saturated rings. The van der Waals surface area contributed by atoms with E-state index in [2.05, 4.69) is 13.8 Å². The monoisotopic (exact) mass is 624 g/mol. The molecule has 0 atom stereocenters. The predicted octanol–water partition coefficient (Wildman–Crippen LogP) is 10.9. The third-order valence-electron chi connectivity index (χ3n) is 7.50. The summed E-state index contributed by atoms with van der Waals surface area (Å²) in [7, 11) is 0. The number of para-hydroxylation sites is 10. The van der Waals surface area contributed by atoms with Gasteiger partial charge in [-0.2, -0.15) is 0 Å². The number of benzene rings is 6. The molecule has 6 rings (SSSR count). The van der Waals surface area contributed by atoms with E-state index < -0.39 is 0 Å². The molecule has 0 amide bonds. The fraction of sp³-hybridized carbons (Fsp3) is 0.100. The molecule has 47 heavy (non-hydrogen) atoms. The molecule has 7 nitrogen and oxygen atoms in total. The van der Waals surface area contributed by atoms with Crippen molar-refractivity contribution in [3.63, 3.8) is 0 Å². The quantitative estimate of drug-likeness (QED) is 0.131. The first-order valence-electron chi connectivity index (χ1n) is 15.5. The molecule has 6 aromatic carbocycles. The van der Waals surface area contributed by atoms with Crippen LogP contribution in [0.15, 0.2) is 133 Å². The Balaban J connectivity index is 1.26. The lowest BCUT2D eigenvalue weighted by Gasteiger charge is -2.18. The Kier molecular flexibility index (Phi) is 9.44.